The van der Waals surface area contributed by atoms with Gasteiger partial charge >= 0.3 is 0 Å². The normalized spacial score (nSPS) is 11.5. The number of para-hydroxylation sites is 2. The third-order valence-electron chi connectivity index (χ3n) is 3.04. The van der Waals surface area contributed by atoms with Gasteiger partial charge in [-0.3, -0.25) is 0 Å². The highest BCUT2D eigenvalue weighted by atomic mass is 16.3. The molecule has 2 nitrogen and oxygen atoms in total. The van der Waals surface area contributed by atoms with E-state index >= 15 is 0 Å². The number of hydrogen-bond donors (Lipinski definition) is 2. The second-order valence-corrected chi connectivity index (χ2v) is 5.47. The maximum Gasteiger partial charge on any atom is 0.127 e. The van der Waals surface area contributed by atoms with Gasteiger partial charge in [0.25, 0.3) is 0 Å². The highest BCUT2D eigenvalue weighted by molar-refractivity contribution is 5.76. The molecular formula is C16H18O2. The number of hydrogen-bond acceptors (Lipinski definition) is 2. The third kappa shape index (κ3) is 2.19. The van der Waals surface area contributed by atoms with E-state index in [-0.39, 0.29) is 16.9 Å². The molecule has 0 unspecified atom stereocenters. The van der Waals surface area contributed by atoms with Crippen molar-refractivity contribution in [1.82, 2.24) is 0 Å². The summed E-state index contributed by atoms with van der Waals surface area (Å²) in [7, 11) is 0. The Morgan fingerprint density at radius 2 is 1.39 bits per heavy atom. The van der Waals surface area contributed by atoms with E-state index in [2.05, 4.69) is 20.8 Å². The van der Waals surface area contributed by atoms with Gasteiger partial charge in [-0.1, -0.05) is 57.2 Å². The molecule has 0 heterocycles. The van der Waals surface area contributed by atoms with Crippen LogP contribution in [0.25, 0.3) is 11.1 Å². The molecule has 0 aliphatic rings. The molecule has 0 bridgehead atoms. The molecule has 94 valence electrons. The van der Waals surface area contributed by atoms with Crippen LogP contribution in [0.5, 0.6) is 11.5 Å². The first kappa shape index (κ1) is 12.5. The molecule has 0 aromatic heterocycles. The van der Waals surface area contributed by atoms with Crippen molar-refractivity contribution in [2.75, 3.05) is 0 Å². The Kier molecular flexibility index (Phi) is 3.04. The lowest BCUT2D eigenvalue weighted by atomic mass is 9.84. The summed E-state index contributed by atoms with van der Waals surface area (Å²) >= 11 is 0. The van der Waals surface area contributed by atoms with Gasteiger partial charge in [0.05, 0.1) is 0 Å². The summed E-state index contributed by atoms with van der Waals surface area (Å²) in [5.74, 6) is 0.422. The van der Waals surface area contributed by atoms with Crippen molar-refractivity contribution in [3.63, 3.8) is 0 Å². The van der Waals surface area contributed by atoms with Crippen LogP contribution in [0.15, 0.2) is 42.5 Å². The van der Waals surface area contributed by atoms with Crippen LogP contribution in [0.1, 0.15) is 26.3 Å². The molecule has 0 amide bonds. The molecule has 0 fully saturated rings. The minimum Gasteiger partial charge on any atom is -0.507 e. The minimum absolute atomic E-state index is 0.134. The van der Waals surface area contributed by atoms with Crippen LogP contribution < -0.4 is 0 Å². The van der Waals surface area contributed by atoms with Crippen LogP contribution >= 0.6 is 0 Å². The molecule has 2 heteroatoms. The van der Waals surface area contributed by atoms with Crippen LogP contribution in [0.2, 0.25) is 0 Å². The average Bonchev–Trinajstić information content (AvgIpc) is 2.29. The highest BCUT2D eigenvalue weighted by Gasteiger charge is 2.20. The van der Waals surface area contributed by atoms with E-state index in [0.29, 0.717) is 11.1 Å². The second kappa shape index (κ2) is 4.37. The van der Waals surface area contributed by atoms with E-state index in [9.17, 15) is 10.2 Å². The van der Waals surface area contributed by atoms with E-state index in [1.807, 2.05) is 24.3 Å². The Balaban J connectivity index is 2.64. The van der Waals surface area contributed by atoms with Crippen LogP contribution in [0, 0.1) is 0 Å². The summed E-state index contributed by atoms with van der Waals surface area (Å²) in [6.07, 6.45) is 0. The van der Waals surface area contributed by atoms with Crippen molar-refractivity contribution in [3.8, 4) is 22.6 Å². The summed E-state index contributed by atoms with van der Waals surface area (Å²) in [5.41, 5.74) is 2.06. The van der Waals surface area contributed by atoms with Crippen molar-refractivity contribution < 1.29 is 10.2 Å². The summed E-state index contributed by atoms with van der Waals surface area (Å²) in [6.45, 7) is 6.16. The largest absolute Gasteiger partial charge is 0.507 e. The van der Waals surface area contributed by atoms with Gasteiger partial charge in [-0.15, -0.1) is 0 Å². The van der Waals surface area contributed by atoms with Crippen molar-refractivity contribution in [2.24, 2.45) is 0 Å². The maximum absolute atomic E-state index is 10.4. The molecule has 0 aliphatic heterocycles. The molecular weight excluding hydrogens is 224 g/mol. The average molecular weight is 242 g/mol. The molecule has 0 radical (unpaired) electrons. The van der Waals surface area contributed by atoms with Crippen LogP contribution in [-0.2, 0) is 5.41 Å². The fraction of sp³-hybridized carbons (Fsp3) is 0.250. The quantitative estimate of drug-likeness (QED) is 0.791. The molecule has 2 aromatic rings. The number of phenols is 2. The fourth-order valence-electron chi connectivity index (χ4n) is 2.07. The zero-order valence-electron chi connectivity index (χ0n) is 10.9. The van der Waals surface area contributed by atoms with Crippen LogP contribution in [-0.4, -0.2) is 10.2 Å². The summed E-state index contributed by atoms with van der Waals surface area (Å²) < 4.78 is 0. The smallest absolute Gasteiger partial charge is 0.127 e. The molecule has 18 heavy (non-hydrogen) atoms. The standard InChI is InChI=1S/C16H18O2/c1-16(2,3)13-9-6-8-12(15(13)18)11-7-4-5-10-14(11)17/h4-10,17-18H,1-3H3. The Hall–Kier alpha value is -1.96. The number of aromatic hydroxyl groups is 2. The molecule has 0 aliphatic carbocycles. The number of rotatable bonds is 1. The monoisotopic (exact) mass is 242 g/mol. The molecule has 2 rings (SSSR count). The number of benzene rings is 2. The molecule has 0 atom stereocenters. The maximum atomic E-state index is 10.4. The topological polar surface area (TPSA) is 40.5 Å². The van der Waals surface area contributed by atoms with Crippen molar-refractivity contribution in [1.29, 1.82) is 0 Å². The van der Waals surface area contributed by atoms with Crippen LogP contribution in [0.3, 0.4) is 0 Å². The Labute approximate surface area is 108 Å². The van der Waals surface area contributed by atoms with Gasteiger partial charge in [-0.2, -0.15) is 0 Å². The summed E-state index contributed by atoms with van der Waals surface area (Å²) in [4.78, 5) is 0. The number of phenolic OH excluding ortho intramolecular Hbond substituents is 2. The third-order valence-corrected chi connectivity index (χ3v) is 3.04. The van der Waals surface area contributed by atoms with Crippen LogP contribution in [0.4, 0.5) is 0 Å². The lowest BCUT2D eigenvalue weighted by Crippen LogP contribution is -2.11. The molecule has 2 aromatic carbocycles. The van der Waals surface area contributed by atoms with E-state index in [1.165, 1.54) is 0 Å². The zero-order valence-corrected chi connectivity index (χ0v) is 10.9. The Morgan fingerprint density at radius 1 is 0.778 bits per heavy atom. The summed E-state index contributed by atoms with van der Waals surface area (Å²) in [5, 5.41) is 20.3. The van der Waals surface area contributed by atoms with Crippen molar-refractivity contribution in [3.05, 3.63) is 48.0 Å². The molecule has 0 saturated heterocycles. The first-order chi connectivity index (χ1) is 8.41. The van der Waals surface area contributed by atoms with E-state index in [1.54, 1.807) is 18.2 Å². The van der Waals surface area contributed by atoms with Gasteiger partial charge in [0.15, 0.2) is 0 Å². The predicted molar refractivity (Wildman–Crippen MR) is 73.9 cm³/mol. The molecule has 2 N–H and O–H groups in total. The molecule has 0 spiro atoms. The van der Waals surface area contributed by atoms with E-state index in [0.717, 1.165) is 5.56 Å². The summed E-state index contributed by atoms with van der Waals surface area (Å²) in [6, 6.07) is 12.7. The Bertz CT molecular complexity index is 566. The zero-order chi connectivity index (χ0) is 13.3. The first-order valence-electron chi connectivity index (χ1n) is 6.02. The van der Waals surface area contributed by atoms with Crippen molar-refractivity contribution in [2.45, 2.75) is 26.2 Å². The van der Waals surface area contributed by atoms with E-state index in [4.69, 9.17) is 0 Å². The fourth-order valence-corrected chi connectivity index (χ4v) is 2.07. The van der Waals surface area contributed by atoms with E-state index < -0.39 is 0 Å². The van der Waals surface area contributed by atoms with Gasteiger partial charge in [-0.05, 0) is 17.0 Å². The van der Waals surface area contributed by atoms with Gasteiger partial charge in [0.2, 0.25) is 0 Å². The second-order valence-electron chi connectivity index (χ2n) is 5.47. The van der Waals surface area contributed by atoms with Gasteiger partial charge < -0.3 is 10.2 Å². The predicted octanol–water partition coefficient (Wildman–Crippen LogP) is 4.06. The Morgan fingerprint density at radius 3 is 2.00 bits per heavy atom. The van der Waals surface area contributed by atoms with Gasteiger partial charge in [-0.25, -0.2) is 0 Å². The van der Waals surface area contributed by atoms with Crippen molar-refractivity contribution >= 4 is 0 Å². The van der Waals surface area contributed by atoms with Gasteiger partial charge in [0, 0.05) is 11.1 Å². The van der Waals surface area contributed by atoms with Gasteiger partial charge in [0.1, 0.15) is 11.5 Å². The minimum atomic E-state index is -0.134. The highest BCUT2D eigenvalue weighted by Crippen LogP contribution is 2.40. The SMILES string of the molecule is CC(C)(C)c1cccc(-c2ccccc2O)c1O. The lowest BCUT2D eigenvalue weighted by molar-refractivity contribution is 0.446. The first-order valence-corrected chi connectivity index (χ1v) is 6.02. The molecule has 0 saturated carbocycles. The lowest BCUT2D eigenvalue weighted by Gasteiger charge is -2.22.